The molecule has 19 heavy (non-hydrogen) atoms. The van der Waals surface area contributed by atoms with E-state index in [4.69, 9.17) is 4.74 Å². The monoisotopic (exact) mass is 257 g/mol. The lowest BCUT2D eigenvalue weighted by Gasteiger charge is -2.15. The van der Waals surface area contributed by atoms with E-state index >= 15 is 0 Å². The molecule has 0 spiro atoms. The predicted molar refractivity (Wildman–Crippen MR) is 74.3 cm³/mol. The van der Waals surface area contributed by atoms with Crippen LogP contribution >= 0.6 is 0 Å². The lowest BCUT2D eigenvalue weighted by atomic mass is 10.2. The summed E-state index contributed by atoms with van der Waals surface area (Å²) in [5, 5.41) is 0. The second-order valence-electron chi connectivity index (χ2n) is 5.02. The summed E-state index contributed by atoms with van der Waals surface area (Å²) in [6.07, 6.45) is 7.12. The van der Waals surface area contributed by atoms with Gasteiger partial charge in [-0.1, -0.05) is 12.1 Å². The zero-order valence-electron chi connectivity index (χ0n) is 11.2. The highest BCUT2D eigenvalue weighted by molar-refractivity contribution is 5.34. The number of imidazole rings is 1. The number of ether oxygens (including phenoxy) is 1. The van der Waals surface area contributed by atoms with Crippen molar-refractivity contribution in [2.24, 2.45) is 0 Å². The summed E-state index contributed by atoms with van der Waals surface area (Å²) in [6, 6.07) is 8.66. The summed E-state index contributed by atoms with van der Waals surface area (Å²) in [5.41, 5.74) is 2.50. The van der Waals surface area contributed by atoms with Crippen molar-refractivity contribution in [2.45, 2.75) is 19.1 Å². The van der Waals surface area contributed by atoms with Gasteiger partial charge in [-0.15, -0.1) is 0 Å². The van der Waals surface area contributed by atoms with Crippen molar-refractivity contribution >= 4 is 0 Å². The third-order valence-electron chi connectivity index (χ3n) is 3.71. The van der Waals surface area contributed by atoms with Crippen LogP contribution in [0, 0.1) is 0 Å². The maximum Gasteiger partial charge on any atom is 0.0991 e. The van der Waals surface area contributed by atoms with Crippen LogP contribution in [0.5, 0.6) is 0 Å². The smallest absolute Gasteiger partial charge is 0.0991 e. The Morgan fingerprint density at radius 2 is 2.16 bits per heavy atom. The quantitative estimate of drug-likeness (QED) is 0.840. The van der Waals surface area contributed by atoms with E-state index < -0.39 is 0 Å². The molecule has 4 heteroatoms. The Kier molecular flexibility index (Phi) is 3.62. The van der Waals surface area contributed by atoms with E-state index in [0.717, 1.165) is 31.7 Å². The fraction of sp³-hybridized carbons (Fsp3) is 0.400. The number of aromatic nitrogens is 2. The Morgan fingerprint density at radius 3 is 2.79 bits per heavy atom. The van der Waals surface area contributed by atoms with Crippen LogP contribution in [0.1, 0.15) is 12.0 Å². The highest BCUT2D eigenvalue weighted by atomic mass is 16.5. The molecule has 0 amide bonds. The highest BCUT2D eigenvalue weighted by Crippen LogP contribution is 2.16. The number of likely N-dealkylation sites (tertiary alicyclic amines) is 1. The number of methoxy groups -OCH3 is 1. The molecule has 0 aliphatic carbocycles. The van der Waals surface area contributed by atoms with Gasteiger partial charge in [0.05, 0.1) is 12.4 Å². The Labute approximate surface area is 113 Å². The second-order valence-corrected chi connectivity index (χ2v) is 5.02. The molecule has 0 saturated carbocycles. The van der Waals surface area contributed by atoms with Crippen molar-refractivity contribution in [2.75, 3.05) is 20.2 Å². The molecule has 1 aromatic carbocycles. The van der Waals surface area contributed by atoms with E-state index in [0.29, 0.717) is 6.10 Å². The number of rotatable bonds is 4. The van der Waals surface area contributed by atoms with Crippen LogP contribution < -0.4 is 0 Å². The topological polar surface area (TPSA) is 30.3 Å². The van der Waals surface area contributed by atoms with Crippen LogP contribution in [0.3, 0.4) is 0 Å². The zero-order valence-corrected chi connectivity index (χ0v) is 11.2. The minimum absolute atomic E-state index is 0.408. The third kappa shape index (κ3) is 2.85. The standard InChI is InChI=1S/C15H19N3O/c1-19-15-6-8-17(11-15)10-13-2-4-14(5-3-13)18-9-7-16-12-18/h2-5,7,9,12,15H,6,8,10-11H2,1H3. The molecule has 4 nitrogen and oxygen atoms in total. The fourth-order valence-electron chi connectivity index (χ4n) is 2.58. The van der Waals surface area contributed by atoms with Crippen molar-refractivity contribution in [3.63, 3.8) is 0 Å². The Bertz CT molecular complexity index is 507. The summed E-state index contributed by atoms with van der Waals surface area (Å²) >= 11 is 0. The lowest BCUT2D eigenvalue weighted by molar-refractivity contribution is 0.107. The SMILES string of the molecule is COC1CCN(Cc2ccc(-n3ccnc3)cc2)C1. The van der Waals surface area contributed by atoms with E-state index in [-0.39, 0.29) is 0 Å². The molecule has 2 aromatic rings. The van der Waals surface area contributed by atoms with Gasteiger partial charge in [0, 0.05) is 44.8 Å². The average molecular weight is 257 g/mol. The zero-order chi connectivity index (χ0) is 13.1. The van der Waals surface area contributed by atoms with Gasteiger partial charge in [-0.05, 0) is 24.1 Å². The van der Waals surface area contributed by atoms with Crippen LogP contribution in [-0.2, 0) is 11.3 Å². The summed E-state index contributed by atoms with van der Waals surface area (Å²) in [5.74, 6) is 0. The first-order chi connectivity index (χ1) is 9.35. The van der Waals surface area contributed by atoms with Crippen molar-refractivity contribution in [3.05, 3.63) is 48.5 Å². The molecule has 1 atom stereocenters. The van der Waals surface area contributed by atoms with Crippen molar-refractivity contribution in [1.82, 2.24) is 14.5 Å². The van der Waals surface area contributed by atoms with E-state index in [1.54, 1.807) is 13.3 Å². The molecule has 3 rings (SSSR count). The molecule has 1 aliphatic rings. The summed E-state index contributed by atoms with van der Waals surface area (Å²) in [6.45, 7) is 3.17. The molecular formula is C15H19N3O. The lowest BCUT2D eigenvalue weighted by Crippen LogP contribution is -2.22. The molecule has 1 aliphatic heterocycles. The van der Waals surface area contributed by atoms with Gasteiger partial charge in [0.1, 0.15) is 0 Å². The van der Waals surface area contributed by atoms with Crippen LogP contribution in [0.25, 0.3) is 5.69 Å². The number of hydrogen-bond acceptors (Lipinski definition) is 3. The van der Waals surface area contributed by atoms with Crippen LogP contribution in [0.4, 0.5) is 0 Å². The molecule has 100 valence electrons. The molecule has 0 bridgehead atoms. The van der Waals surface area contributed by atoms with Crippen molar-refractivity contribution in [3.8, 4) is 5.69 Å². The molecule has 0 N–H and O–H groups in total. The van der Waals surface area contributed by atoms with E-state index in [1.807, 2.05) is 17.1 Å². The van der Waals surface area contributed by atoms with E-state index in [1.165, 1.54) is 5.56 Å². The predicted octanol–water partition coefficient (Wildman–Crippen LogP) is 2.09. The van der Waals surface area contributed by atoms with Crippen LogP contribution in [0.15, 0.2) is 43.0 Å². The molecule has 1 saturated heterocycles. The Hall–Kier alpha value is -1.65. The number of benzene rings is 1. The van der Waals surface area contributed by atoms with Crippen molar-refractivity contribution in [1.29, 1.82) is 0 Å². The van der Waals surface area contributed by atoms with Gasteiger partial charge in [-0.25, -0.2) is 4.98 Å². The summed E-state index contributed by atoms with van der Waals surface area (Å²) in [7, 11) is 1.80. The molecule has 0 radical (unpaired) electrons. The molecule has 1 fully saturated rings. The van der Waals surface area contributed by atoms with Gasteiger partial charge in [0.2, 0.25) is 0 Å². The van der Waals surface area contributed by atoms with Crippen molar-refractivity contribution < 1.29 is 4.74 Å². The van der Waals surface area contributed by atoms with Gasteiger partial charge in [0.25, 0.3) is 0 Å². The summed E-state index contributed by atoms with van der Waals surface area (Å²) in [4.78, 5) is 6.51. The summed E-state index contributed by atoms with van der Waals surface area (Å²) < 4.78 is 7.41. The van der Waals surface area contributed by atoms with E-state index in [9.17, 15) is 0 Å². The first-order valence-corrected chi connectivity index (χ1v) is 6.67. The molecule has 1 unspecified atom stereocenters. The normalized spacial score (nSPS) is 19.9. The van der Waals surface area contributed by atoms with Gasteiger partial charge >= 0.3 is 0 Å². The second kappa shape index (κ2) is 5.55. The maximum atomic E-state index is 5.40. The third-order valence-corrected chi connectivity index (χ3v) is 3.71. The van der Waals surface area contributed by atoms with Gasteiger partial charge < -0.3 is 9.30 Å². The minimum atomic E-state index is 0.408. The van der Waals surface area contributed by atoms with Gasteiger partial charge in [-0.3, -0.25) is 4.90 Å². The number of hydrogen-bond donors (Lipinski definition) is 0. The van der Waals surface area contributed by atoms with Gasteiger partial charge in [-0.2, -0.15) is 0 Å². The first-order valence-electron chi connectivity index (χ1n) is 6.67. The Morgan fingerprint density at radius 1 is 1.32 bits per heavy atom. The average Bonchev–Trinajstić information content (AvgIpc) is 3.10. The fourth-order valence-corrected chi connectivity index (χ4v) is 2.58. The largest absolute Gasteiger partial charge is 0.380 e. The van der Waals surface area contributed by atoms with Crippen LogP contribution in [-0.4, -0.2) is 40.8 Å². The molecule has 2 heterocycles. The van der Waals surface area contributed by atoms with E-state index in [2.05, 4.69) is 34.1 Å². The van der Waals surface area contributed by atoms with Gasteiger partial charge in [0.15, 0.2) is 0 Å². The first kappa shape index (κ1) is 12.4. The van der Waals surface area contributed by atoms with Crippen LogP contribution in [0.2, 0.25) is 0 Å². The maximum absolute atomic E-state index is 5.40. The molecule has 1 aromatic heterocycles. The Balaban J connectivity index is 1.63. The number of nitrogens with zero attached hydrogens (tertiary/aromatic N) is 3. The molecular weight excluding hydrogens is 238 g/mol. The minimum Gasteiger partial charge on any atom is -0.380 e. The highest BCUT2D eigenvalue weighted by Gasteiger charge is 2.21.